The second-order valence-electron chi connectivity index (χ2n) is 6.00. The van der Waals surface area contributed by atoms with E-state index in [1.165, 1.54) is 13.1 Å². The van der Waals surface area contributed by atoms with Gasteiger partial charge in [-0.1, -0.05) is 6.92 Å². The normalized spacial score (nSPS) is 12.8. The van der Waals surface area contributed by atoms with Crippen molar-refractivity contribution in [3.8, 4) is 0 Å². The van der Waals surface area contributed by atoms with E-state index in [9.17, 15) is 13.2 Å². The number of rotatable bonds is 6. The number of carbonyl (C=O) groups is 1. The lowest BCUT2D eigenvalue weighted by Gasteiger charge is -2.15. The molecule has 0 aliphatic rings. The molecule has 1 aromatic carbocycles. The highest BCUT2D eigenvalue weighted by Crippen LogP contribution is 2.22. The topological polar surface area (TPSA) is 93.1 Å². The minimum atomic E-state index is -3.64. The van der Waals surface area contributed by atoms with Gasteiger partial charge in [0.05, 0.1) is 17.1 Å². The fourth-order valence-electron chi connectivity index (χ4n) is 2.47. The Hall–Kier alpha value is -2.19. The number of hydrogen-bond acceptors (Lipinski definition) is 4. The van der Waals surface area contributed by atoms with Gasteiger partial charge in [0, 0.05) is 11.6 Å². The molecule has 1 atom stereocenters. The monoisotopic (exact) mass is 364 g/mol. The lowest BCUT2D eigenvalue weighted by atomic mass is 10.1. The summed E-state index contributed by atoms with van der Waals surface area (Å²) < 4.78 is 28.4. The van der Waals surface area contributed by atoms with Gasteiger partial charge < -0.3 is 5.32 Å². The van der Waals surface area contributed by atoms with E-state index < -0.39 is 10.0 Å². The zero-order chi connectivity index (χ0) is 18.8. The van der Waals surface area contributed by atoms with Crippen LogP contribution in [0, 0.1) is 13.8 Å². The molecular formula is C17H24N4O3S. The summed E-state index contributed by atoms with van der Waals surface area (Å²) in [7, 11) is -2.29. The summed E-state index contributed by atoms with van der Waals surface area (Å²) in [5.74, 6) is 0.205. The molecule has 0 radical (unpaired) electrons. The molecular weight excluding hydrogens is 340 g/mol. The van der Waals surface area contributed by atoms with Crippen LogP contribution >= 0.6 is 0 Å². The molecule has 1 heterocycles. The third-order valence-corrected chi connectivity index (χ3v) is 5.90. The van der Waals surface area contributed by atoms with Crippen LogP contribution in [0.4, 0.5) is 5.82 Å². The minimum Gasteiger partial charge on any atom is -0.307 e. The average molecular weight is 364 g/mol. The number of amides is 1. The van der Waals surface area contributed by atoms with Gasteiger partial charge in [0.1, 0.15) is 5.82 Å². The van der Waals surface area contributed by atoms with Crippen molar-refractivity contribution < 1.29 is 13.2 Å². The van der Waals surface area contributed by atoms with Crippen molar-refractivity contribution in [1.82, 2.24) is 14.5 Å². The molecule has 0 saturated heterocycles. The molecule has 0 spiro atoms. The van der Waals surface area contributed by atoms with Crippen molar-refractivity contribution in [2.24, 2.45) is 0 Å². The Balaban J connectivity index is 2.40. The van der Waals surface area contributed by atoms with E-state index in [1.54, 1.807) is 36.9 Å². The number of benzene rings is 1. The molecule has 2 rings (SSSR count). The smallest absolute Gasteiger partial charge is 0.256 e. The maximum Gasteiger partial charge on any atom is 0.256 e. The van der Waals surface area contributed by atoms with Crippen LogP contribution in [-0.2, 0) is 10.0 Å². The highest BCUT2D eigenvalue weighted by atomic mass is 32.2. The summed E-state index contributed by atoms with van der Waals surface area (Å²) in [6.07, 6.45) is 2.50. The molecule has 0 aliphatic heterocycles. The lowest BCUT2D eigenvalue weighted by Crippen LogP contribution is -2.22. The average Bonchev–Trinajstić information content (AvgIpc) is 3.04. The van der Waals surface area contributed by atoms with Crippen molar-refractivity contribution in [3.63, 3.8) is 0 Å². The van der Waals surface area contributed by atoms with Crippen LogP contribution < -0.4 is 10.0 Å². The zero-order valence-electron chi connectivity index (χ0n) is 15.1. The van der Waals surface area contributed by atoms with Gasteiger partial charge in [-0.3, -0.25) is 4.79 Å². The van der Waals surface area contributed by atoms with Crippen LogP contribution in [0.2, 0.25) is 0 Å². The quantitative estimate of drug-likeness (QED) is 0.824. The molecule has 1 unspecified atom stereocenters. The van der Waals surface area contributed by atoms with Crippen molar-refractivity contribution in [2.45, 2.75) is 45.1 Å². The standard InChI is InChI=1S/C17H24N4O3S/c1-6-12(3)21-16(7-8-19-21)20-17(22)14-9-11(2)13(4)15(10-14)25(23,24)18-5/h7-10,12,18H,6H2,1-5H3,(H,20,22). The third kappa shape index (κ3) is 3.91. The van der Waals surface area contributed by atoms with Crippen molar-refractivity contribution >= 4 is 21.7 Å². The van der Waals surface area contributed by atoms with E-state index >= 15 is 0 Å². The van der Waals surface area contributed by atoms with E-state index in [1.807, 2.05) is 13.8 Å². The predicted octanol–water partition coefficient (Wildman–Crippen LogP) is 2.63. The molecule has 2 N–H and O–H groups in total. The lowest BCUT2D eigenvalue weighted by molar-refractivity contribution is 0.102. The fraction of sp³-hybridized carbons (Fsp3) is 0.412. The Morgan fingerprint density at radius 2 is 2.00 bits per heavy atom. The Morgan fingerprint density at radius 1 is 1.32 bits per heavy atom. The molecule has 0 fully saturated rings. The molecule has 7 nitrogen and oxygen atoms in total. The molecule has 8 heteroatoms. The fourth-order valence-corrected chi connectivity index (χ4v) is 3.54. The van der Waals surface area contributed by atoms with Gasteiger partial charge in [0.15, 0.2) is 0 Å². The van der Waals surface area contributed by atoms with Crippen LogP contribution in [0.15, 0.2) is 29.3 Å². The number of nitrogens with one attached hydrogen (secondary N) is 2. The van der Waals surface area contributed by atoms with Crippen LogP contribution in [0.1, 0.15) is 47.8 Å². The summed E-state index contributed by atoms with van der Waals surface area (Å²) in [5.41, 5.74) is 1.64. The Morgan fingerprint density at radius 3 is 2.60 bits per heavy atom. The van der Waals surface area contributed by atoms with Crippen molar-refractivity contribution in [3.05, 3.63) is 41.1 Å². The SMILES string of the molecule is CCC(C)n1nccc1NC(=O)c1cc(C)c(C)c(S(=O)(=O)NC)c1. The highest BCUT2D eigenvalue weighted by Gasteiger charge is 2.20. The van der Waals surface area contributed by atoms with Gasteiger partial charge in [0.25, 0.3) is 5.91 Å². The molecule has 136 valence electrons. The number of anilines is 1. The van der Waals surface area contributed by atoms with E-state index in [2.05, 4.69) is 15.1 Å². The van der Waals surface area contributed by atoms with Gasteiger partial charge in [-0.05, 0) is 57.5 Å². The van der Waals surface area contributed by atoms with Gasteiger partial charge in [-0.15, -0.1) is 0 Å². The van der Waals surface area contributed by atoms with Gasteiger partial charge in [-0.2, -0.15) is 5.10 Å². The van der Waals surface area contributed by atoms with Crippen LogP contribution in [0.3, 0.4) is 0 Å². The number of carbonyl (C=O) groups excluding carboxylic acids is 1. The summed E-state index contributed by atoms with van der Waals surface area (Å²) in [4.78, 5) is 12.7. The summed E-state index contributed by atoms with van der Waals surface area (Å²) in [6.45, 7) is 7.55. The molecule has 0 aliphatic carbocycles. The number of aromatic nitrogens is 2. The number of nitrogens with zero attached hydrogens (tertiary/aromatic N) is 2. The first kappa shape index (κ1) is 19.1. The van der Waals surface area contributed by atoms with Gasteiger partial charge >= 0.3 is 0 Å². The van der Waals surface area contributed by atoms with E-state index in [4.69, 9.17) is 0 Å². The number of aryl methyl sites for hydroxylation is 1. The van der Waals surface area contributed by atoms with E-state index in [-0.39, 0.29) is 22.4 Å². The van der Waals surface area contributed by atoms with Crippen molar-refractivity contribution in [1.29, 1.82) is 0 Å². The molecule has 0 bridgehead atoms. The van der Waals surface area contributed by atoms with Gasteiger partial charge in [0.2, 0.25) is 10.0 Å². The Labute approximate surface area is 148 Å². The molecule has 0 saturated carbocycles. The zero-order valence-corrected chi connectivity index (χ0v) is 15.9. The second-order valence-corrected chi connectivity index (χ2v) is 7.85. The first-order valence-electron chi connectivity index (χ1n) is 8.11. The first-order chi connectivity index (χ1) is 11.7. The van der Waals surface area contributed by atoms with E-state index in [0.717, 1.165) is 12.0 Å². The third-order valence-electron chi connectivity index (χ3n) is 4.36. The van der Waals surface area contributed by atoms with E-state index in [0.29, 0.717) is 11.4 Å². The van der Waals surface area contributed by atoms with Crippen molar-refractivity contribution in [2.75, 3.05) is 12.4 Å². The Bertz CT molecular complexity index is 887. The first-order valence-corrected chi connectivity index (χ1v) is 9.59. The highest BCUT2D eigenvalue weighted by molar-refractivity contribution is 7.89. The van der Waals surface area contributed by atoms with Gasteiger partial charge in [-0.25, -0.2) is 17.8 Å². The summed E-state index contributed by atoms with van der Waals surface area (Å²) in [5, 5.41) is 7.04. The second kappa shape index (κ2) is 7.37. The van der Waals surface area contributed by atoms with Crippen LogP contribution in [-0.4, -0.2) is 31.2 Å². The number of hydrogen-bond donors (Lipinski definition) is 2. The predicted molar refractivity (Wildman–Crippen MR) is 97.3 cm³/mol. The molecule has 2 aromatic rings. The Kier molecular flexibility index (Phi) is 5.64. The largest absolute Gasteiger partial charge is 0.307 e. The maximum atomic E-state index is 12.6. The molecule has 1 amide bonds. The molecule has 1 aromatic heterocycles. The van der Waals surface area contributed by atoms with Crippen LogP contribution in [0.5, 0.6) is 0 Å². The summed E-state index contributed by atoms with van der Waals surface area (Å²) in [6, 6.07) is 4.94. The summed E-state index contributed by atoms with van der Waals surface area (Å²) >= 11 is 0. The maximum absolute atomic E-state index is 12.6. The van der Waals surface area contributed by atoms with Crippen LogP contribution in [0.25, 0.3) is 0 Å². The minimum absolute atomic E-state index is 0.107. The molecule has 25 heavy (non-hydrogen) atoms. The number of sulfonamides is 1.